The Kier molecular flexibility index (Phi) is 5.75. The van der Waals surface area contributed by atoms with E-state index >= 15 is 0 Å². The molecular weight excluding hydrogens is 334 g/mol. The van der Waals surface area contributed by atoms with Gasteiger partial charge in [0.15, 0.2) is 5.92 Å². The normalized spacial score (nSPS) is 22.1. The van der Waals surface area contributed by atoms with Gasteiger partial charge in [0.05, 0.1) is 12.2 Å². The zero-order valence-electron chi connectivity index (χ0n) is 14.8. The summed E-state index contributed by atoms with van der Waals surface area (Å²) in [5, 5.41) is 5.52. The van der Waals surface area contributed by atoms with Crippen LogP contribution in [0.5, 0.6) is 0 Å². The SMILES string of the molecule is Cc1cccc(N2C(=O)NC(=O)[C@H](C=NCCN3CCNCC3)C2=O)c1. The molecule has 2 heterocycles. The summed E-state index contributed by atoms with van der Waals surface area (Å²) in [6, 6.07) is 6.30. The number of aliphatic imine (C=N–C) groups is 1. The number of anilines is 1. The molecule has 0 aliphatic carbocycles. The molecule has 3 rings (SSSR count). The van der Waals surface area contributed by atoms with E-state index < -0.39 is 23.8 Å². The fourth-order valence-corrected chi connectivity index (χ4v) is 3.05. The zero-order valence-corrected chi connectivity index (χ0v) is 14.8. The summed E-state index contributed by atoms with van der Waals surface area (Å²) in [4.78, 5) is 44.4. The van der Waals surface area contributed by atoms with Gasteiger partial charge in [-0.2, -0.15) is 0 Å². The zero-order chi connectivity index (χ0) is 18.5. The minimum Gasteiger partial charge on any atom is -0.314 e. The number of barbiturate groups is 1. The van der Waals surface area contributed by atoms with Crippen LogP contribution in [0.3, 0.4) is 0 Å². The number of carbonyl (C=O) groups excluding carboxylic acids is 3. The van der Waals surface area contributed by atoms with Crippen LogP contribution in [0.15, 0.2) is 29.3 Å². The molecule has 0 unspecified atom stereocenters. The summed E-state index contributed by atoms with van der Waals surface area (Å²) in [6.45, 7) is 7.01. The van der Waals surface area contributed by atoms with Crippen LogP contribution in [0, 0.1) is 12.8 Å². The van der Waals surface area contributed by atoms with E-state index in [4.69, 9.17) is 0 Å². The second-order valence-electron chi connectivity index (χ2n) is 6.43. The number of nitrogens with one attached hydrogen (secondary N) is 2. The molecular formula is C18H23N5O3. The maximum Gasteiger partial charge on any atom is 0.335 e. The van der Waals surface area contributed by atoms with Crippen LogP contribution in [0.1, 0.15) is 5.56 Å². The maximum absolute atomic E-state index is 12.7. The van der Waals surface area contributed by atoms with Crippen molar-refractivity contribution in [2.75, 3.05) is 44.2 Å². The Morgan fingerprint density at radius 2 is 2.00 bits per heavy atom. The summed E-state index contributed by atoms with van der Waals surface area (Å²) in [7, 11) is 0. The fraction of sp³-hybridized carbons (Fsp3) is 0.444. The lowest BCUT2D eigenvalue weighted by Crippen LogP contribution is -2.58. The Hall–Kier alpha value is -2.58. The van der Waals surface area contributed by atoms with Crippen molar-refractivity contribution in [2.24, 2.45) is 10.9 Å². The van der Waals surface area contributed by atoms with E-state index in [-0.39, 0.29) is 0 Å². The first-order valence-electron chi connectivity index (χ1n) is 8.75. The van der Waals surface area contributed by atoms with Gasteiger partial charge in [-0.25, -0.2) is 9.69 Å². The molecule has 2 aliphatic heterocycles. The van der Waals surface area contributed by atoms with Crippen LogP contribution in [-0.2, 0) is 9.59 Å². The van der Waals surface area contributed by atoms with Crippen LogP contribution in [-0.4, -0.2) is 68.2 Å². The van der Waals surface area contributed by atoms with E-state index in [1.165, 1.54) is 6.21 Å². The Balaban J connectivity index is 1.66. The molecule has 1 atom stereocenters. The smallest absolute Gasteiger partial charge is 0.314 e. The summed E-state index contributed by atoms with van der Waals surface area (Å²) in [5.41, 5.74) is 1.36. The number of hydrogen-bond donors (Lipinski definition) is 2. The number of imide groups is 2. The summed E-state index contributed by atoms with van der Waals surface area (Å²) in [6.07, 6.45) is 1.36. The molecule has 2 fully saturated rings. The topological polar surface area (TPSA) is 94.1 Å². The standard InChI is InChI=1S/C18H23N5O3/c1-13-3-2-4-14(11-13)23-17(25)15(16(24)21-18(23)26)12-20-7-10-22-8-5-19-6-9-22/h2-4,11-12,15,19H,5-10H2,1H3,(H,21,24,26)/t15-/m0/s1. The Morgan fingerprint density at radius 3 is 2.73 bits per heavy atom. The van der Waals surface area contributed by atoms with E-state index in [1.807, 2.05) is 13.0 Å². The van der Waals surface area contributed by atoms with E-state index in [1.54, 1.807) is 18.2 Å². The first-order valence-corrected chi connectivity index (χ1v) is 8.75. The molecule has 138 valence electrons. The Labute approximate surface area is 152 Å². The lowest BCUT2D eigenvalue weighted by molar-refractivity contribution is -0.131. The van der Waals surface area contributed by atoms with Crippen LogP contribution < -0.4 is 15.5 Å². The van der Waals surface area contributed by atoms with Crippen LogP contribution in [0.4, 0.5) is 10.5 Å². The number of aryl methyl sites for hydroxylation is 1. The average molecular weight is 357 g/mol. The predicted molar refractivity (Wildman–Crippen MR) is 98.4 cm³/mol. The van der Waals surface area contributed by atoms with Gasteiger partial charge in [0.25, 0.3) is 5.91 Å². The highest BCUT2D eigenvalue weighted by atomic mass is 16.2. The van der Waals surface area contributed by atoms with Gasteiger partial charge in [-0.05, 0) is 24.6 Å². The Bertz CT molecular complexity index is 727. The molecule has 0 aromatic heterocycles. The molecule has 0 bridgehead atoms. The van der Waals surface area contributed by atoms with Gasteiger partial charge < -0.3 is 5.32 Å². The molecule has 1 aromatic carbocycles. The van der Waals surface area contributed by atoms with Gasteiger partial charge in [-0.3, -0.25) is 24.8 Å². The van der Waals surface area contributed by atoms with Crippen LogP contribution in [0.25, 0.3) is 0 Å². The number of amides is 4. The monoisotopic (exact) mass is 357 g/mol. The second kappa shape index (κ2) is 8.20. The predicted octanol–water partition coefficient (Wildman–Crippen LogP) is 0.170. The van der Waals surface area contributed by atoms with Crippen molar-refractivity contribution in [2.45, 2.75) is 6.92 Å². The molecule has 0 spiro atoms. The molecule has 8 heteroatoms. The van der Waals surface area contributed by atoms with Crippen molar-refractivity contribution in [1.82, 2.24) is 15.5 Å². The molecule has 26 heavy (non-hydrogen) atoms. The summed E-state index contributed by atoms with van der Waals surface area (Å²) in [5.74, 6) is -2.29. The Morgan fingerprint density at radius 1 is 1.23 bits per heavy atom. The first kappa shape index (κ1) is 18.2. The third kappa shape index (κ3) is 4.14. The number of nitrogens with zero attached hydrogens (tertiary/aromatic N) is 3. The molecule has 0 saturated carbocycles. The van der Waals surface area contributed by atoms with E-state index in [9.17, 15) is 14.4 Å². The highest BCUT2D eigenvalue weighted by Gasteiger charge is 2.40. The van der Waals surface area contributed by atoms with Gasteiger partial charge in [-0.1, -0.05) is 12.1 Å². The molecule has 2 N–H and O–H groups in total. The molecule has 1 aromatic rings. The second-order valence-corrected chi connectivity index (χ2v) is 6.43. The van der Waals surface area contributed by atoms with E-state index in [0.717, 1.165) is 43.2 Å². The lowest BCUT2D eigenvalue weighted by Gasteiger charge is -2.29. The number of urea groups is 1. The van der Waals surface area contributed by atoms with Crippen LogP contribution in [0.2, 0.25) is 0 Å². The largest absolute Gasteiger partial charge is 0.335 e. The highest BCUT2D eigenvalue weighted by Crippen LogP contribution is 2.21. The molecule has 0 radical (unpaired) electrons. The van der Waals surface area contributed by atoms with Crippen molar-refractivity contribution >= 4 is 29.7 Å². The quantitative estimate of drug-likeness (QED) is 0.579. The fourth-order valence-electron chi connectivity index (χ4n) is 3.05. The van der Waals surface area contributed by atoms with Crippen molar-refractivity contribution in [3.05, 3.63) is 29.8 Å². The van der Waals surface area contributed by atoms with Gasteiger partial charge >= 0.3 is 6.03 Å². The highest BCUT2D eigenvalue weighted by molar-refractivity contribution is 6.32. The molecule has 8 nitrogen and oxygen atoms in total. The van der Waals surface area contributed by atoms with Gasteiger partial charge in [0, 0.05) is 38.9 Å². The van der Waals surface area contributed by atoms with Gasteiger partial charge in [-0.15, -0.1) is 0 Å². The van der Waals surface area contributed by atoms with Crippen molar-refractivity contribution in [3.8, 4) is 0 Å². The summed E-state index contributed by atoms with van der Waals surface area (Å²) >= 11 is 0. The number of carbonyl (C=O) groups is 3. The minimum atomic E-state index is -1.09. The number of benzene rings is 1. The molecule has 4 amide bonds. The van der Waals surface area contributed by atoms with Gasteiger partial charge in [0.2, 0.25) is 5.91 Å². The summed E-state index contributed by atoms with van der Waals surface area (Å²) < 4.78 is 0. The van der Waals surface area contributed by atoms with Gasteiger partial charge in [0.1, 0.15) is 0 Å². The molecule has 2 saturated heterocycles. The van der Waals surface area contributed by atoms with Crippen molar-refractivity contribution in [3.63, 3.8) is 0 Å². The first-order chi connectivity index (χ1) is 12.6. The molecule has 2 aliphatic rings. The lowest BCUT2D eigenvalue weighted by atomic mass is 10.1. The van der Waals surface area contributed by atoms with E-state index in [2.05, 4.69) is 20.5 Å². The van der Waals surface area contributed by atoms with E-state index in [0.29, 0.717) is 12.2 Å². The van der Waals surface area contributed by atoms with Crippen molar-refractivity contribution in [1.29, 1.82) is 0 Å². The third-order valence-corrected chi connectivity index (χ3v) is 4.47. The third-order valence-electron chi connectivity index (χ3n) is 4.47. The number of rotatable bonds is 5. The maximum atomic E-state index is 12.7. The van der Waals surface area contributed by atoms with Crippen LogP contribution >= 0.6 is 0 Å². The van der Waals surface area contributed by atoms with Crippen molar-refractivity contribution < 1.29 is 14.4 Å². The number of piperazine rings is 1. The average Bonchev–Trinajstić information content (AvgIpc) is 2.61. The number of hydrogen-bond acceptors (Lipinski definition) is 6. The minimum absolute atomic E-state index is 0.444.